The molecule has 0 bridgehead atoms. The van der Waals surface area contributed by atoms with E-state index in [2.05, 4.69) is 46.1 Å². The Labute approximate surface area is 106 Å². The summed E-state index contributed by atoms with van der Waals surface area (Å²) in [6, 6.07) is 3.58. The molecule has 94 valence electrons. The first-order valence-electron chi connectivity index (χ1n) is 5.64. The maximum absolute atomic E-state index is 5.43. The van der Waals surface area contributed by atoms with Gasteiger partial charge in [0.1, 0.15) is 5.82 Å². The van der Waals surface area contributed by atoms with E-state index in [0.717, 1.165) is 5.69 Å². The summed E-state index contributed by atoms with van der Waals surface area (Å²) in [7, 11) is 0. The van der Waals surface area contributed by atoms with E-state index in [4.69, 9.17) is 5.84 Å². The molecule has 0 spiro atoms. The minimum absolute atomic E-state index is 0.0991. The number of hydrogen-bond donors (Lipinski definition) is 2. The van der Waals surface area contributed by atoms with Gasteiger partial charge in [-0.1, -0.05) is 20.8 Å². The predicted octanol–water partition coefficient (Wildman–Crippen LogP) is 1.52. The first-order chi connectivity index (χ1) is 8.50. The summed E-state index contributed by atoms with van der Waals surface area (Å²) in [5.41, 5.74) is 3.33. The minimum Gasteiger partial charge on any atom is -0.308 e. The molecular formula is C12H16N6. The van der Waals surface area contributed by atoms with Gasteiger partial charge in [0, 0.05) is 23.9 Å². The summed E-state index contributed by atoms with van der Waals surface area (Å²) in [6.45, 7) is 6.22. The summed E-state index contributed by atoms with van der Waals surface area (Å²) in [5.74, 6) is 6.94. The molecule has 2 rings (SSSR count). The molecule has 0 atom stereocenters. The Bertz CT molecular complexity index is 532. The van der Waals surface area contributed by atoms with Gasteiger partial charge in [0.05, 0.1) is 5.69 Å². The van der Waals surface area contributed by atoms with Gasteiger partial charge in [-0.3, -0.25) is 0 Å². The molecule has 3 N–H and O–H groups in total. The summed E-state index contributed by atoms with van der Waals surface area (Å²) in [5, 5.41) is 0. The topological polar surface area (TPSA) is 89.6 Å². The predicted molar refractivity (Wildman–Crippen MR) is 69.6 cm³/mol. The third kappa shape index (κ3) is 2.60. The quantitative estimate of drug-likeness (QED) is 0.615. The van der Waals surface area contributed by atoms with Gasteiger partial charge >= 0.3 is 0 Å². The monoisotopic (exact) mass is 244 g/mol. The maximum atomic E-state index is 5.43. The Morgan fingerprint density at radius 3 is 2.28 bits per heavy atom. The molecular weight excluding hydrogens is 228 g/mol. The van der Waals surface area contributed by atoms with Gasteiger partial charge in [-0.05, 0) is 6.07 Å². The lowest BCUT2D eigenvalue weighted by Crippen LogP contribution is -2.17. The van der Waals surface area contributed by atoms with Crippen molar-refractivity contribution in [3.05, 3.63) is 30.2 Å². The summed E-state index contributed by atoms with van der Waals surface area (Å²) >= 11 is 0. The largest absolute Gasteiger partial charge is 0.308 e. The molecule has 2 aromatic heterocycles. The fraction of sp³-hybridized carbons (Fsp3) is 0.333. The van der Waals surface area contributed by atoms with E-state index in [-0.39, 0.29) is 5.41 Å². The Hall–Kier alpha value is -2.08. The summed E-state index contributed by atoms with van der Waals surface area (Å²) < 4.78 is 0. The van der Waals surface area contributed by atoms with Crippen LogP contribution in [0.3, 0.4) is 0 Å². The van der Waals surface area contributed by atoms with Crippen LogP contribution < -0.4 is 11.3 Å². The molecule has 0 fully saturated rings. The van der Waals surface area contributed by atoms with Gasteiger partial charge in [0.25, 0.3) is 0 Å². The normalized spacial score (nSPS) is 11.3. The van der Waals surface area contributed by atoms with Crippen LogP contribution in [0.15, 0.2) is 24.5 Å². The van der Waals surface area contributed by atoms with E-state index in [1.54, 1.807) is 18.5 Å². The molecule has 0 saturated carbocycles. The fourth-order valence-corrected chi connectivity index (χ4v) is 1.42. The highest BCUT2D eigenvalue weighted by Crippen LogP contribution is 2.24. The molecule has 6 heteroatoms. The van der Waals surface area contributed by atoms with Gasteiger partial charge in [-0.25, -0.2) is 25.8 Å². The van der Waals surface area contributed by atoms with Crippen molar-refractivity contribution in [2.24, 2.45) is 5.84 Å². The summed E-state index contributed by atoms with van der Waals surface area (Å²) in [6.07, 6.45) is 3.32. The highest BCUT2D eigenvalue weighted by Gasteiger charge is 2.19. The standard InChI is InChI=1S/C12H16N6/c1-12(2,3)8-7-9(18-13)17-11(16-8)10-14-5-4-6-15-10/h4-7H,13H2,1-3H3,(H,16,17,18). The highest BCUT2D eigenvalue weighted by molar-refractivity contribution is 5.49. The molecule has 18 heavy (non-hydrogen) atoms. The molecule has 0 unspecified atom stereocenters. The number of aromatic nitrogens is 4. The maximum Gasteiger partial charge on any atom is 0.199 e. The van der Waals surface area contributed by atoms with Crippen LogP contribution in [0.5, 0.6) is 0 Å². The number of nitrogens with two attached hydrogens (primary N) is 1. The van der Waals surface area contributed by atoms with Crippen molar-refractivity contribution in [2.75, 3.05) is 5.43 Å². The molecule has 0 aliphatic rings. The number of anilines is 1. The zero-order valence-electron chi connectivity index (χ0n) is 10.7. The zero-order chi connectivity index (χ0) is 13.2. The molecule has 0 amide bonds. The smallest absolute Gasteiger partial charge is 0.199 e. The lowest BCUT2D eigenvalue weighted by atomic mass is 9.92. The van der Waals surface area contributed by atoms with Crippen LogP contribution in [-0.2, 0) is 5.41 Å². The van der Waals surface area contributed by atoms with Crippen LogP contribution in [0, 0.1) is 0 Å². The van der Waals surface area contributed by atoms with Crippen LogP contribution in [0.1, 0.15) is 26.5 Å². The second kappa shape index (κ2) is 4.66. The number of nitrogen functional groups attached to an aromatic ring is 1. The first kappa shape index (κ1) is 12.4. The average Bonchev–Trinajstić information content (AvgIpc) is 2.38. The van der Waals surface area contributed by atoms with Crippen LogP contribution in [-0.4, -0.2) is 19.9 Å². The molecule has 0 radical (unpaired) electrons. The average molecular weight is 244 g/mol. The van der Waals surface area contributed by atoms with Gasteiger partial charge in [-0.2, -0.15) is 0 Å². The Morgan fingerprint density at radius 1 is 1.06 bits per heavy atom. The fourth-order valence-electron chi connectivity index (χ4n) is 1.42. The van der Waals surface area contributed by atoms with E-state index >= 15 is 0 Å². The van der Waals surface area contributed by atoms with Crippen LogP contribution in [0.25, 0.3) is 11.6 Å². The van der Waals surface area contributed by atoms with Crippen molar-refractivity contribution < 1.29 is 0 Å². The van der Waals surface area contributed by atoms with Gasteiger partial charge < -0.3 is 5.43 Å². The van der Waals surface area contributed by atoms with E-state index in [0.29, 0.717) is 17.5 Å². The van der Waals surface area contributed by atoms with Gasteiger partial charge in [-0.15, -0.1) is 0 Å². The molecule has 0 aliphatic carbocycles. The zero-order valence-corrected chi connectivity index (χ0v) is 10.7. The van der Waals surface area contributed by atoms with Crippen LogP contribution in [0.2, 0.25) is 0 Å². The van der Waals surface area contributed by atoms with Gasteiger partial charge in [0.15, 0.2) is 11.6 Å². The second-order valence-electron chi connectivity index (χ2n) is 4.93. The van der Waals surface area contributed by atoms with Gasteiger partial charge in [0.2, 0.25) is 0 Å². The third-order valence-corrected chi connectivity index (χ3v) is 2.41. The molecule has 6 nitrogen and oxygen atoms in total. The van der Waals surface area contributed by atoms with Crippen molar-refractivity contribution in [3.63, 3.8) is 0 Å². The van der Waals surface area contributed by atoms with E-state index < -0.39 is 0 Å². The van der Waals surface area contributed by atoms with Crippen molar-refractivity contribution >= 4 is 5.82 Å². The number of hydrazine groups is 1. The first-order valence-corrected chi connectivity index (χ1v) is 5.64. The Balaban J connectivity index is 2.55. The van der Waals surface area contributed by atoms with E-state index in [9.17, 15) is 0 Å². The van der Waals surface area contributed by atoms with Crippen LogP contribution >= 0.6 is 0 Å². The van der Waals surface area contributed by atoms with Crippen LogP contribution in [0.4, 0.5) is 5.82 Å². The third-order valence-electron chi connectivity index (χ3n) is 2.41. The lowest BCUT2D eigenvalue weighted by molar-refractivity contribution is 0.568. The summed E-state index contributed by atoms with van der Waals surface area (Å²) in [4.78, 5) is 17.0. The van der Waals surface area contributed by atoms with Crippen molar-refractivity contribution in [1.82, 2.24) is 19.9 Å². The lowest BCUT2D eigenvalue weighted by Gasteiger charge is -2.18. The van der Waals surface area contributed by atoms with Crippen molar-refractivity contribution in [3.8, 4) is 11.6 Å². The molecule has 2 heterocycles. The second-order valence-corrected chi connectivity index (χ2v) is 4.93. The number of rotatable bonds is 2. The van der Waals surface area contributed by atoms with Crippen molar-refractivity contribution in [1.29, 1.82) is 0 Å². The van der Waals surface area contributed by atoms with E-state index in [1.165, 1.54) is 0 Å². The molecule has 0 saturated heterocycles. The molecule has 0 aromatic carbocycles. The molecule has 0 aliphatic heterocycles. The minimum atomic E-state index is -0.0991. The number of nitrogens with zero attached hydrogens (tertiary/aromatic N) is 4. The van der Waals surface area contributed by atoms with Crippen molar-refractivity contribution in [2.45, 2.75) is 26.2 Å². The Morgan fingerprint density at radius 2 is 1.72 bits per heavy atom. The van der Waals surface area contributed by atoms with E-state index in [1.807, 2.05) is 6.07 Å². The Kier molecular flexibility index (Phi) is 3.20. The highest BCUT2D eigenvalue weighted by atomic mass is 15.3. The SMILES string of the molecule is CC(C)(C)c1cc(NN)nc(-c2ncccn2)n1. The number of nitrogens with one attached hydrogen (secondary N) is 1. The number of hydrogen-bond acceptors (Lipinski definition) is 6. The molecule has 2 aromatic rings.